The summed E-state index contributed by atoms with van der Waals surface area (Å²) in [5, 5.41) is 10.7. The molecule has 0 radical (unpaired) electrons. The molecule has 0 aliphatic heterocycles. The molecule has 0 amide bonds. The molecule has 1 aliphatic carbocycles. The van der Waals surface area contributed by atoms with Gasteiger partial charge in [0.1, 0.15) is 0 Å². The highest BCUT2D eigenvalue weighted by molar-refractivity contribution is 5.24. The van der Waals surface area contributed by atoms with Crippen LogP contribution in [0.25, 0.3) is 0 Å². The lowest BCUT2D eigenvalue weighted by Crippen LogP contribution is -2.41. The second-order valence-corrected chi connectivity index (χ2v) is 5.42. The highest BCUT2D eigenvalue weighted by Crippen LogP contribution is 2.36. The van der Waals surface area contributed by atoms with Crippen molar-refractivity contribution in [2.75, 3.05) is 0 Å². The van der Waals surface area contributed by atoms with Crippen LogP contribution in [0.1, 0.15) is 43.7 Å². The Balaban J connectivity index is 2.13. The predicted molar refractivity (Wildman–Crippen MR) is 67.5 cm³/mol. The lowest BCUT2D eigenvalue weighted by Gasteiger charge is -2.38. The first kappa shape index (κ1) is 11.7. The zero-order chi connectivity index (χ0) is 11.6. The summed E-state index contributed by atoms with van der Waals surface area (Å²) < 4.78 is 0. The molecule has 1 saturated carbocycles. The third kappa shape index (κ3) is 2.46. The van der Waals surface area contributed by atoms with Gasteiger partial charge in [0.15, 0.2) is 0 Å². The van der Waals surface area contributed by atoms with Crippen LogP contribution in [0, 0.1) is 12.8 Å². The van der Waals surface area contributed by atoms with E-state index in [1.54, 1.807) is 0 Å². The van der Waals surface area contributed by atoms with Gasteiger partial charge in [0.2, 0.25) is 0 Å². The molecule has 0 aromatic heterocycles. The maximum absolute atomic E-state index is 10.7. The molecule has 0 bridgehead atoms. The largest absolute Gasteiger partial charge is 0.389 e. The summed E-state index contributed by atoms with van der Waals surface area (Å²) >= 11 is 0. The van der Waals surface area contributed by atoms with Gasteiger partial charge >= 0.3 is 0 Å². The van der Waals surface area contributed by atoms with Crippen molar-refractivity contribution in [2.45, 2.75) is 51.6 Å². The Kier molecular flexibility index (Phi) is 3.34. The van der Waals surface area contributed by atoms with E-state index >= 15 is 0 Å². The molecular weight excluding hydrogens is 196 g/mol. The molecule has 2 rings (SSSR count). The van der Waals surface area contributed by atoms with E-state index in [-0.39, 0.29) is 0 Å². The van der Waals surface area contributed by atoms with Gasteiger partial charge in [-0.15, -0.1) is 0 Å². The fraction of sp³-hybridized carbons (Fsp3) is 0.600. The minimum absolute atomic E-state index is 0.432. The standard InChI is InChI=1S/C15H22O/c1-12-6-5-8-14(10-12)11-15(16)9-4-3-7-13(15)2/h5-6,8,10,13,16H,3-4,7,9,11H2,1-2H3. The summed E-state index contributed by atoms with van der Waals surface area (Å²) in [6.07, 6.45) is 5.39. The monoisotopic (exact) mass is 218 g/mol. The van der Waals surface area contributed by atoms with Crippen molar-refractivity contribution in [3.8, 4) is 0 Å². The first-order valence-electron chi connectivity index (χ1n) is 6.38. The zero-order valence-corrected chi connectivity index (χ0v) is 10.4. The van der Waals surface area contributed by atoms with Crippen LogP contribution in [0.3, 0.4) is 0 Å². The van der Waals surface area contributed by atoms with Crippen LogP contribution in [0.15, 0.2) is 24.3 Å². The van der Waals surface area contributed by atoms with Gasteiger partial charge in [0, 0.05) is 6.42 Å². The molecule has 88 valence electrons. The average Bonchev–Trinajstić information content (AvgIpc) is 2.23. The highest BCUT2D eigenvalue weighted by atomic mass is 16.3. The normalized spacial score (nSPS) is 30.3. The molecule has 0 saturated heterocycles. The second-order valence-electron chi connectivity index (χ2n) is 5.42. The fourth-order valence-corrected chi connectivity index (χ4v) is 2.83. The highest BCUT2D eigenvalue weighted by Gasteiger charge is 2.35. The molecule has 1 nitrogen and oxygen atoms in total. The number of hydrogen-bond donors (Lipinski definition) is 1. The molecular formula is C15H22O. The summed E-state index contributed by atoms with van der Waals surface area (Å²) in [5.41, 5.74) is 2.09. The molecule has 1 fully saturated rings. The van der Waals surface area contributed by atoms with Gasteiger partial charge in [-0.25, -0.2) is 0 Å². The Bertz CT molecular complexity index is 358. The smallest absolute Gasteiger partial charge is 0.0713 e. The van der Waals surface area contributed by atoms with Gasteiger partial charge in [0.25, 0.3) is 0 Å². The first-order valence-corrected chi connectivity index (χ1v) is 6.38. The zero-order valence-electron chi connectivity index (χ0n) is 10.4. The Hall–Kier alpha value is -0.820. The van der Waals surface area contributed by atoms with Gasteiger partial charge in [-0.2, -0.15) is 0 Å². The predicted octanol–water partition coefficient (Wildman–Crippen LogP) is 3.48. The maximum atomic E-state index is 10.7. The summed E-state index contributed by atoms with van der Waals surface area (Å²) in [4.78, 5) is 0. The van der Waals surface area contributed by atoms with Crippen LogP contribution in [0.4, 0.5) is 0 Å². The van der Waals surface area contributed by atoms with E-state index in [0.717, 1.165) is 12.8 Å². The van der Waals surface area contributed by atoms with Gasteiger partial charge < -0.3 is 5.11 Å². The SMILES string of the molecule is Cc1cccc(CC2(O)CCCCC2C)c1. The molecule has 1 heteroatoms. The molecule has 2 atom stereocenters. The van der Waals surface area contributed by atoms with Gasteiger partial charge in [-0.3, -0.25) is 0 Å². The number of hydrogen-bond acceptors (Lipinski definition) is 1. The Labute approximate surface area is 98.5 Å². The summed E-state index contributed by atoms with van der Waals surface area (Å²) in [5.74, 6) is 0.432. The van der Waals surface area contributed by atoms with Crippen molar-refractivity contribution in [3.05, 3.63) is 35.4 Å². The van der Waals surface area contributed by atoms with Crippen molar-refractivity contribution in [2.24, 2.45) is 5.92 Å². The van der Waals surface area contributed by atoms with E-state index in [4.69, 9.17) is 0 Å². The maximum Gasteiger partial charge on any atom is 0.0713 e. The molecule has 0 heterocycles. The van der Waals surface area contributed by atoms with E-state index in [1.165, 1.54) is 30.4 Å². The van der Waals surface area contributed by atoms with Crippen molar-refractivity contribution >= 4 is 0 Å². The fourth-order valence-electron chi connectivity index (χ4n) is 2.83. The Morgan fingerprint density at radius 2 is 2.19 bits per heavy atom. The molecule has 1 aromatic rings. The third-order valence-corrected chi connectivity index (χ3v) is 4.01. The minimum Gasteiger partial charge on any atom is -0.389 e. The summed E-state index contributed by atoms with van der Waals surface area (Å²) in [7, 11) is 0. The van der Waals surface area contributed by atoms with Crippen molar-refractivity contribution in [1.29, 1.82) is 0 Å². The topological polar surface area (TPSA) is 20.2 Å². The van der Waals surface area contributed by atoms with E-state index in [1.807, 2.05) is 0 Å². The van der Waals surface area contributed by atoms with Crippen LogP contribution < -0.4 is 0 Å². The van der Waals surface area contributed by atoms with Crippen LogP contribution in [-0.2, 0) is 6.42 Å². The minimum atomic E-state index is -0.466. The number of aliphatic hydroxyl groups is 1. The van der Waals surface area contributed by atoms with Crippen molar-refractivity contribution in [1.82, 2.24) is 0 Å². The van der Waals surface area contributed by atoms with E-state index < -0.39 is 5.60 Å². The molecule has 0 spiro atoms. The van der Waals surface area contributed by atoms with Gasteiger partial charge in [0.05, 0.1) is 5.60 Å². The quantitative estimate of drug-likeness (QED) is 0.805. The van der Waals surface area contributed by atoms with E-state index in [9.17, 15) is 5.11 Å². The van der Waals surface area contributed by atoms with Crippen LogP contribution in [0.5, 0.6) is 0 Å². The second kappa shape index (κ2) is 4.58. The average molecular weight is 218 g/mol. The van der Waals surface area contributed by atoms with E-state index in [0.29, 0.717) is 5.92 Å². The Morgan fingerprint density at radius 1 is 1.38 bits per heavy atom. The molecule has 16 heavy (non-hydrogen) atoms. The molecule has 1 N–H and O–H groups in total. The lowest BCUT2D eigenvalue weighted by atomic mass is 9.73. The summed E-state index contributed by atoms with van der Waals surface area (Å²) in [6.45, 7) is 4.30. The van der Waals surface area contributed by atoms with Gasteiger partial charge in [-0.05, 0) is 31.2 Å². The van der Waals surface area contributed by atoms with Crippen LogP contribution in [0.2, 0.25) is 0 Å². The van der Waals surface area contributed by atoms with Crippen molar-refractivity contribution in [3.63, 3.8) is 0 Å². The van der Waals surface area contributed by atoms with E-state index in [2.05, 4.69) is 38.1 Å². The molecule has 1 aliphatic rings. The van der Waals surface area contributed by atoms with Crippen molar-refractivity contribution < 1.29 is 5.11 Å². The summed E-state index contributed by atoms with van der Waals surface area (Å²) in [6, 6.07) is 8.52. The molecule has 1 aromatic carbocycles. The van der Waals surface area contributed by atoms with Gasteiger partial charge in [-0.1, -0.05) is 49.6 Å². The first-order chi connectivity index (χ1) is 7.60. The van der Waals surface area contributed by atoms with Crippen LogP contribution in [-0.4, -0.2) is 10.7 Å². The Morgan fingerprint density at radius 3 is 2.88 bits per heavy atom. The number of benzene rings is 1. The number of rotatable bonds is 2. The van der Waals surface area contributed by atoms with Crippen LogP contribution >= 0.6 is 0 Å². The third-order valence-electron chi connectivity index (χ3n) is 4.01. The number of aryl methyl sites for hydroxylation is 1. The molecule has 2 unspecified atom stereocenters. The lowest BCUT2D eigenvalue weighted by molar-refractivity contribution is -0.0405.